The molecule has 0 aliphatic rings. The number of amides is 1. The zero-order valence-electron chi connectivity index (χ0n) is 17.4. The first-order valence-corrected chi connectivity index (χ1v) is 10.1. The van der Waals surface area contributed by atoms with E-state index in [9.17, 15) is 4.79 Å². The van der Waals surface area contributed by atoms with Gasteiger partial charge in [0.1, 0.15) is 16.7 Å². The number of carbonyl (C=O) groups excluding carboxylic acids is 1. The molecule has 30 heavy (non-hydrogen) atoms. The minimum Gasteiger partial charge on any atom is -0.496 e. The average molecular weight is 429 g/mol. The van der Waals surface area contributed by atoms with Crippen molar-refractivity contribution in [2.24, 2.45) is 0 Å². The predicted molar refractivity (Wildman–Crippen MR) is 118 cm³/mol. The van der Waals surface area contributed by atoms with Gasteiger partial charge in [0.25, 0.3) is 5.91 Å². The molecule has 3 rings (SSSR count). The molecule has 1 heterocycles. The van der Waals surface area contributed by atoms with Gasteiger partial charge < -0.3 is 19.1 Å². The Hall–Kier alpha value is -2.83. The van der Waals surface area contributed by atoms with Crippen LogP contribution in [0.2, 0.25) is 5.15 Å². The number of halogens is 1. The lowest BCUT2D eigenvalue weighted by atomic mass is 10.1. The maximum atomic E-state index is 13.3. The zero-order chi connectivity index (χ0) is 21.5. The maximum absolute atomic E-state index is 13.3. The fourth-order valence-electron chi connectivity index (χ4n) is 3.19. The molecule has 1 aromatic heterocycles. The van der Waals surface area contributed by atoms with Gasteiger partial charge in [-0.2, -0.15) is 0 Å². The molecule has 0 atom stereocenters. The van der Waals surface area contributed by atoms with Gasteiger partial charge in [0, 0.05) is 31.1 Å². The number of methoxy groups -OCH3 is 2. The number of fused-ring (bicyclic) bond motifs is 1. The lowest BCUT2D eigenvalue weighted by molar-refractivity contribution is 0.0677. The number of carbonyl (C=O) groups is 1. The number of para-hydroxylation sites is 1. The third kappa shape index (κ3) is 5.01. The van der Waals surface area contributed by atoms with Crippen molar-refractivity contribution in [3.63, 3.8) is 0 Å². The van der Waals surface area contributed by atoms with Crippen LogP contribution in [0.4, 0.5) is 0 Å². The van der Waals surface area contributed by atoms with Crippen molar-refractivity contribution in [2.45, 2.75) is 13.5 Å². The van der Waals surface area contributed by atoms with Gasteiger partial charge in [-0.3, -0.25) is 4.79 Å². The molecule has 0 N–H and O–H groups in total. The van der Waals surface area contributed by atoms with Crippen molar-refractivity contribution < 1.29 is 19.0 Å². The van der Waals surface area contributed by atoms with Crippen LogP contribution >= 0.6 is 11.6 Å². The van der Waals surface area contributed by atoms with Gasteiger partial charge >= 0.3 is 0 Å². The molecule has 1 amide bonds. The summed E-state index contributed by atoms with van der Waals surface area (Å²) in [7, 11) is 3.15. The van der Waals surface area contributed by atoms with Crippen LogP contribution in [0.15, 0.2) is 48.5 Å². The normalized spacial score (nSPS) is 10.8. The molecule has 0 fully saturated rings. The summed E-state index contributed by atoms with van der Waals surface area (Å²) in [6, 6.07) is 14.8. The number of rotatable bonds is 9. The Bertz CT molecular complexity index is 1030. The Balaban J connectivity index is 1.94. The number of nitrogens with zero attached hydrogens (tertiary/aromatic N) is 2. The SMILES string of the molecule is CCOc1ccc2nc(Cl)c(CN(CCOC)C(=O)c3ccccc3OC)cc2c1. The van der Waals surface area contributed by atoms with E-state index in [1.165, 1.54) is 0 Å². The summed E-state index contributed by atoms with van der Waals surface area (Å²) in [6.07, 6.45) is 0. The fourth-order valence-corrected chi connectivity index (χ4v) is 3.40. The van der Waals surface area contributed by atoms with Crippen molar-refractivity contribution in [3.8, 4) is 11.5 Å². The summed E-state index contributed by atoms with van der Waals surface area (Å²) in [4.78, 5) is 19.4. The van der Waals surface area contributed by atoms with E-state index >= 15 is 0 Å². The van der Waals surface area contributed by atoms with Crippen LogP contribution in [-0.2, 0) is 11.3 Å². The van der Waals surface area contributed by atoms with Crippen LogP contribution in [0.3, 0.4) is 0 Å². The Kier molecular flexibility index (Phi) is 7.49. The molecule has 158 valence electrons. The van der Waals surface area contributed by atoms with Crippen LogP contribution in [0, 0.1) is 0 Å². The van der Waals surface area contributed by atoms with Crippen LogP contribution in [0.25, 0.3) is 10.9 Å². The lowest BCUT2D eigenvalue weighted by Crippen LogP contribution is -2.33. The quantitative estimate of drug-likeness (QED) is 0.467. The summed E-state index contributed by atoms with van der Waals surface area (Å²) in [5.41, 5.74) is 2.00. The minimum absolute atomic E-state index is 0.163. The summed E-state index contributed by atoms with van der Waals surface area (Å²) in [5.74, 6) is 1.12. The molecule has 6 nitrogen and oxygen atoms in total. The second kappa shape index (κ2) is 10.3. The molecule has 7 heteroatoms. The second-order valence-electron chi connectivity index (χ2n) is 6.65. The van der Waals surface area contributed by atoms with E-state index in [4.69, 9.17) is 25.8 Å². The van der Waals surface area contributed by atoms with E-state index in [1.54, 1.807) is 31.3 Å². The number of benzene rings is 2. The van der Waals surface area contributed by atoms with E-state index in [2.05, 4.69) is 4.98 Å². The Morgan fingerprint density at radius 3 is 2.67 bits per heavy atom. The van der Waals surface area contributed by atoms with Crippen molar-refractivity contribution in [3.05, 3.63) is 64.8 Å². The highest BCUT2D eigenvalue weighted by Gasteiger charge is 2.21. The largest absolute Gasteiger partial charge is 0.496 e. The van der Waals surface area contributed by atoms with Crippen LogP contribution in [-0.4, -0.2) is 49.8 Å². The summed E-state index contributed by atoms with van der Waals surface area (Å²) in [6.45, 7) is 3.61. The third-order valence-electron chi connectivity index (χ3n) is 4.67. The molecule has 0 saturated carbocycles. The zero-order valence-corrected chi connectivity index (χ0v) is 18.1. The molecular formula is C23H25ClN2O4. The number of ether oxygens (including phenoxy) is 3. The van der Waals surface area contributed by atoms with Gasteiger partial charge in [-0.25, -0.2) is 4.98 Å². The number of aromatic nitrogens is 1. The van der Waals surface area contributed by atoms with E-state index in [0.717, 1.165) is 22.2 Å². The Morgan fingerprint density at radius 1 is 1.13 bits per heavy atom. The van der Waals surface area contributed by atoms with Gasteiger partial charge in [-0.1, -0.05) is 23.7 Å². The Labute approximate surface area is 181 Å². The standard InChI is InChI=1S/C23H25ClN2O4/c1-4-30-18-9-10-20-16(14-18)13-17(22(24)25-20)15-26(11-12-28-2)23(27)19-7-5-6-8-21(19)29-3/h5-10,13-14H,4,11-12,15H2,1-3H3. The predicted octanol–water partition coefficient (Wildman–Crippen LogP) is 4.58. The molecule has 2 aromatic carbocycles. The Morgan fingerprint density at radius 2 is 1.93 bits per heavy atom. The first kappa shape index (κ1) is 21.9. The highest BCUT2D eigenvalue weighted by molar-refractivity contribution is 6.30. The van der Waals surface area contributed by atoms with Crippen molar-refractivity contribution in [1.29, 1.82) is 0 Å². The molecule has 0 aliphatic heterocycles. The second-order valence-corrected chi connectivity index (χ2v) is 7.00. The topological polar surface area (TPSA) is 60.9 Å². The van der Waals surface area contributed by atoms with Crippen molar-refractivity contribution in [2.75, 3.05) is 34.0 Å². The molecular weight excluding hydrogens is 404 g/mol. The van der Waals surface area contributed by atoms with Gasteiger partial charge in [0.2, 0.25) is 0 Å². The monoisotopic (exact) mass is 428 g/mol. The highest BCUT2D eigenvalue weighted by Crippen LogP contribution is 2.27. The molecule has 0 aliphatic carbocycles. The third-order valence-corrected chi connectivity index (χ3v) is 5.00. The molecule has 0 radical (unpaired) electrons. The highest BCUT2D eigenvalue weighted by atomic mass is 35.5. The van der Waals surface area contributed by atoms with E-state index in [1.807, 2.05) is 43.3 Å². The number of hydrogen-bond donors (Lipinski definition) is 0. The summed E-state index contributed by atoms with van der Waals surface area (Å²) < 4.78 is 16.1. The first-order valence-electron chi connectivity index (χ1n) is 9.70. The van der Waals surface area contributed by atoms with Crippen molar-refractivity contribution >= 4 is 28.4 Å². The molecule has 0 unspecified atom stereocenters. The van der Waals surface area contributed by atoms with E-state index in [0.29, 0.717) is 42.8 Å². The number of pyridine rings is 1. The van der Waals surface area contributed by atoms with Crippen LogP contribution in [0.1, 0.15) is 22.8 Å². The molecule has 0 bridgehead atoms. The first-order chi connectivity index (χ1) is 14.6. The molecule has 3 aromatic rings. The molecule has 0 saturated heterocycles. The number of hydrogen-bond acceptors (Lipinski definition) is 5. The minimum atomic E-state index is -0.163. The fraction of sp³-hybridized carbons (Fsp3) is 0.304. The van der Waals surface area contributed by atoms with Gasteiger partial charge in [0.15, 0.2) is 0 Å². The van der Waals surface area contributed by atoms with Gasteiger partial charge in [-0.15, -0.1) is 0 Å². The van der Waals surface area contributed by atoms with Gasteiger partial charge in [-0.05, 0) is 43.3 Å². The summed E-state index contributed by atoms with van der Waals surface area (Å²) in [5, 5.41) is 1.26. The molecule has 0 spiro atoms. The average Bonchev–Trinajstić information content (AvgIpc) is 2.76. The van der Waals surface area contributed by atoms with Crippen LogP contribution < -0.4 is 9.47 Å². The van der Waals surface area contributed by atoms with E-state index in [-0.39, 0.29) is 5.91 Å². The van der Waals surface area contributed by atoms with Crippen LogP contribution in [0.5, 0.6) is 11.5 Å². The van der Waals surface area contributed by atoms with Crippen molar-refractivity contribution in [1.82, 2.24) is 9.88 Å². The maximum Gasteiger partial charge on any atom is 0.257 e. The smallest absolute Gasteiger partial charge is 0.257 e. The lowest BCUT2D eigenvalue weighted by Gasteiger charge is -2.24. The van der Waals surface area contributed by atoms with Gasteiger partial charge in [0.05, 0.1) is 31.4 Å². The summed E-state index contributed by atoms with van der Waals surface area (Å²) >= 11 is 6.46. The van der Waals surface area contributed by atoms with E-state index < -0.39 is 0 Å².